The summed E-state index contributed by atoms with van der Waals surface area (Å²) in [4.78, 5) is 16.6. The highest BCUT2D eigenvalue weighted by Gasteiger charge is 2.41. The Morgan fingerprint density at radius 2 is 1.89 bits per heavy atom. The Balaban J connectivity index is 1.75. The third kappa shape index (κ3) is 2.66. The number of allylic oxidation sites excluding steroid dienone is 1. The van der Waals surface area contributed by atoms with Gasteiger partial charge in [0.2, 0.25) is 0 Å². The third-order valence-corrected chi connectivity index (χ3v) is 6.95. The number of thiazole rings is 1. The molecular formula is C18H11N3O4S2. The van der Waals surface area contributed by atoms with Crippen LogP contribution in [0.15, 0.2) is 59.2 Å². The van der Waals surface area contributed by atoms with E-state index in [-0.39, 0.29) is 21.0 Å². The monoisotopic (exact) mass is 397 g/mol. The van der Waals surface area contributed by atoms with Crippen molar-refractivity contribution in [2.75, 3.05) is 6.54 Å². The Hall–Kier alpha value is -3.22. The van der Waals surface area contributed by atoms with E-state index in [0.29, 0.717) is 9.82 Å². The van der Waals surface area contributed by atoms with Crippen molar-refractivity contribution in [1.82, 2.24) is 9.29 Å². The molecule has 0 spiro atoms. The molecule has 1 amide bonds. The number of aliphatic hydroxyl groups excluding tert-OH is 1. The minimum Gasteiger partial charge on any atom is -0.509 e. The first-order valence-electron chi connectivity index (χ1n) is 7.77. The molecule has 1 aliphatic heterocycles. The first-order chi connectivity index (χ1) is 12.9. The van der Waals surface area contributed by atoms with Gasteiger partial charge >= 0.3 is 0 Å². The minimum absolute atomic E-state index is 0.0452. The summed E-state index contributed by atoms with van der Waals surface area (Å²) in [6.07, 6.45) is 0. The van der Waals surface area contributed by atoms with Crippen LogP contribution in [0.4, 0.5) is 0 Å². The van der Waals surface area contributed by atoms with Crippen LogP contribution >= 0.6 is 11.3 Å². The lowest BCUT2D eigenvalue weighted by Gasteiger charge is -2.14. The van der Waals surface area contributed by atoms with Gasteiger partial charge in [0.15, 0.2) is 0 Å². The van der Waals surface area contributed by atoms with Crippen LogP contribution < -0.4 is 0 Å². The number of sulfonamides is 1. The molecule has 3 aromatic rings. The number of carbonyl (C=O) groups is 1. The molecule has 0 saturated heterocycles. The molecule has 0 unspecified atom stereocenters. The standard InChI is InChI=1S/C18H11N3O4S2/c19-9-12(17-20-13-6-2-3-7-15(13)26-17)14(22)10-21-18(23)11-5-1-4-8-16(11)27(21,24)25/h1-8,22H,10H2/b14-12-. The summed E-state index contributed by atoms with van der Waals surface area (Å²) in [5.74, 6) is -1.26. The van der Waals surface area contributed by atoms with Gasteiger partial charge in [-0.05, 0) is 24.3 Å². The molecule has 134 valence electrons. The minimum atomic E-state index is -4.08. The highest BCUT2D eigenvalue weighted by molar-refractivity contribution is 7.90. The van der Waals surface area contributed by atoms with Crippen molar-refractivity contribution in [2.24, 2.45) is 0 Å². The molecule has 1 N–H and O–H groups in total. The van der Waals surface area contributed by atoms with E-state index in [1.54, 1.807) is 18.2 Å². The maximum atomic E-state index is 12.6. The average molecular weight is 397 g/mol. The van der Waals surface area contributed by atoms with Gasteiger partial charge in [-0.3, -0.25) is 4.79 Å². The van der Waals surface area contributed by atoms with Crippen molar-refractivity contribution in [3.8, 4) is 6.07 Å². The lowest BCUT2D eigenvalue weighted by Crippen LogP contribution is -2.32. The van der Waals surface area contributed by atoms with Gasteiger partial charge in [-0.25, -0.2) is 17.7 Å². The molecule has 0 atom stereocenters. The second kappa shape index (κ2) is 6.19. The van der Waals surface area contributed by atoms with Crippen LogP contribution in [0.2, 0.25) is 0 Å². The average Bonchev–Trinajstić information content (AvgIpc) is 3.16. The molecule has 27 heavy (non-hydrogen) atoms. The summed E-state index contributed by atoms with van der Waals surface area (Å²) in [6.45, 7) is -0.630. The number of amides is 1. The largest absolute Gasteiger partial charge is 0.509 e. The lowest BCUT2D eigenvalue weighted by atomic mass is 10.2. The van der Waals surface area contributed by atoms with Crippen molar-refractivity contribution >= 4 is 43.1 Å². The van der Waals surface area contributed by atoms with Gasteiger partial charge in [-0.15, -0.1) is 11.3 Å². The number of fused-ring (bicyclic) bond motifs is 2. The zero-order chi connectivity index (χ0) is 19.2. The van der Waals surface area contributed by atoms with Crippen molar-refractivity contribution in [3.05, 3.63) is 64.9 Å². The fourth-order valence-corrected chi connectivity index (χ4v) is 5.33. The van der Waals surface area contributed by atoms with E-state index in [2.05, 4.69) is 4.98 Å². The number of rotatable bonds is 3. The van der Waals surface area contributed by atoms with E-state index in [1.807, 2.05) is 18.2 Å². The van der Waals surface area contributed by atoms with E-state index < -0.39 is 28.2 Å². The van der Waals surface area contributed by atoms with Crippen molar-refractivity contribution < 1.29 is 18.3 Å². The molecule has 2 aromatic carbocycles. The Kier molecular flexibility index (Phi) is 3.95. The van der Waals surface area contributed by atoms with Gasteiger partial charge in [-0.2, -0.15) is 5.26 Å². The molecular weight excluding hydrogens is 386 g/mol. The van der Waals surface area contributed by atoms with E-state index in [9.17, 15) is 23.6 Å². The van der Waals surface area contributed by atoms with Crippen LogP contribution in [-0.2, 0) is 10.0 Å². The van der Waals surface area contributed by atoms with Crippen LogP contribution in [0.5, 0.6) is 0 Å². The van der Waals surface area contributed by atoms with Crippen LogP contribution in [0, 0.1) is 11.3 Å². The molecule has 1 aliphatic rings. The Morgan fingerprint density at radius 1 is 1.19 bits per heavy atom. The summed E-state index contributed by atoms with van der Waals surface area (Å²) in [7, 11) is -4.08. The highest BCUT2D eigenvalue weighted by Crippen LogP contribution is 2.32. The summed E-state index contributed by atoms with van der Waals surface area (Å²) < 4.78 is 26.6. The number of carbonyl (C=O) groups excluding carboxylic acids is 1. The van der Waals surface area contributed by atoms with Gasteiger partial charge in [0.1, 0.15) is 27.3 Å². The van der Waals surface area contributed by atoms with Crippen LogP contribution in [0.3, 0.4) is 0 Å². The number of aromatic nitrogens is 1. The van der Waals surface area contributed by atoms with Crippen molar-refractivity contribution in [3.63, 3.8) is 0 Å². The van der Waals surface area contributed by atoms with E-state index in [0.717, 1.165) is 4.70 Å². The Bertz CT molecular complexity index is 1240. The smallest absolute Gasteiger partial charge is 0.269 e. The Morgan fingerprint density at radius 3 is 2.59 bits per heavy atom. The van der Waals surface area contributed by atoms with Gasteiger partial charge < -0.3 is 5.11 Å². The topological polar surface area (TPSA) is 111 Å². The maximum absolute atomic E-state index is 12.6. The first-order valence-corrected chi connectivity index (χ1v) is 10.0. The van der Waals surface area contributed by atoms with Crippen LogP contribution in [-0.4, -0.2) is 35.3 Å². The predicted molar refractivity (Wildman–Crippen MR) is 99.4 cm³/mol. The zero-order valence-electron chi connectivity index (χ0n) is 13.7. The number of benzene rings is 2. The van der Waals surface area contributed by atoms with Gasteiger partial charge in [0.25, 0.3) is 15.9 Å². The van der Waals surface area contributed by atoms with Crippen LogP contribution in [0.1, 0.15) is 15.4 Å². The number of nitrogens with zero attached hydrogens (tertiary/aromatic N) is 3. The maximum Gasteiger partial charge on any atom is 0.269 e. The van der Waals surface area contributed by atoms with Crippen molar-refractivity contribution in [2.45, 2.75) is 4.90 Å². The second-order valence-electron chi connectivity index (χ2n) is 5.73. The number of hydrogen-bond donors (Lipinski definition) is 1. The highest BCUT2D eigenvalue weighted by atomic mass is 32.2. The molecule has 0 radical (unpaired) electrons. The summed E-state index contributed by atoms with van der Waals surface area (Å²) in [6, 6.07) is 14.9. The number of para-hydroxylation sites is 1. The molecule has 7 nitrogen and oxygen atoms in total. The molecule has 9 heteroatoms. The second-order valence-corrected chi connectivity index (χ2v) is 8.59. The predicted octanol–water partition coefficient (Wildman–Crippen LogP) is 2.93. The number of nitriles is 1. The molecule has 0 aliphatic carbocycles. The fourth-order valence-electron chi connectivity index (χ4n) is 2.82. The summed E-state index contributed by atoms with van der Waals surface area (Å²) in [5, 5.41) is 20.2. The quantitative estimate of drug-likeness (QED) is 0.537. The van der Waals surface area contributed by atoms with E-state index in [4.69, 9.17) is 0 Å². The summed E-state index contributed by atoms with van der Waals surface area (Å²) in [5.41, 5.74) is 0.550. The Labute approximate surface area is 158 Å². The molecule has 4 rings (SSSR count). The van der Waals surface area contributed by atoms with Crippen LogP contribution in [0.25, 0.3) is 15.8 Å². The fraction of sp³-hybridized carbons (Fsp3) is 0.0556. The number of aliphatic hydroxyl groups is 1. The SMILES string of the molecule is N#C/C(=C(/O)CN1C(=O)c2ccccc2S1(=O)=O)c1nc2ccccc2s1. The normalized spacial score (nSPS) is 16.1. The lowest BCUT2D eigenvalue weighted by molar-refractivity contribution is 0.0869. The molecule has 1 aromatic heterocycles. The zero-order valence-corrected chi connectivity index (χ0v) is 15.3. The van der Waals surface area contributed by atoms with Gasteiger partial charge in [0, 0.05) is 0 Å². The van der Waals surface area contributed by atoms with E-state index >= 15 is 0 Å². The number of hydrogen-bond acceptors (Lipinski definition) is 7. The van der Waals surface area contributed by atoms with Gasteiger partial charge in [-0.1, -0.05) is 24.3 Å². The first kappa shape index (κ1) is 17.2. The van der Waals surface area contributed by atoms with Crippen molar-refractivity contribution in [1.29, 1.82) is 5.26 Å². The van der Waals surface area contributed by atoms with Gasteiger partial charge in [0.05, 0.1) is 22.3 Å². The molecule has 2 heterocycles. The third-order valence-electron chi connectivity index (χ3n) is 4.11. The summed E-state index contributed by atoms with van der Waals surface area (Å²) >= 11 is 1.20. The molecule has 0 saturated carbocycles. The molecule has 0 fully saturated rings. The van der Waals surface area contributed by atoms with E-state index in [1.165, 1.54) is 29.5 Å². The molecule has 0 bridgehead atoms.